The van der Waals surface area contributed by atoms with Crippen LogP contribution in [-0.2, 0) is 10.0 Å². The molecule has 0 unspecified atom stereocenters. The number of nitrogens with one attached hydrogen (secondary N) is 1. The summed E-state index contributed by atoms with van der Waals surface area (Å²) < 4.78 is 39.7. The molecule has 1 fully saturated rings. The molecule has 7 heteroatoms. The van der Waals surface area contributed by atoms with E-state index in [-0.39, 0.29) is 0 Å². The van der Waals surface area contributed by atoms with Crippen LogP contribution < -0.4 is 4.72 Å². The van der Waals surface area contributed by atoms with Crippen molar-refractivity contribution in [3.05, 3.63) is 24.1 Å². The van der Waals surface area contributed by atoms with Crippen LogP contribution in [0.25, 0.3) is 0 Å². The van der Waals surface area contributed by atoms with Crippen LogP contribution >= 0.6 is 0 Å². The molecule has 1 aliphatic heterocycles. The van der Waals surface area contributed by atoms with Gasteiger partial charge in [0.05, 0.1) is 0 Å². The van der Waals surface area contributed by atoms with E-state index < -0.39 is 20.9 Å². The van der Waals surface area contributed by atoms with Crippen molar-refractivity contribution in [1.29, 1.82) is 0 Å². The number of hydrogen-bond donors (Lipinski definition) is 1. The third kappa shape index (κ3) is 3.71. The Morgan fingerprint density at radius 2 is 2.16 bits per heavy atom. The monoisotopic (exact) mass is 287 g/mol. The maximum absolute atomic E-state index is 13.4. The summed E-state index contributed by atoms with van der Waals surface area (Å²) in [5.74, 6) is -0.517. The van der Waals surface area contributed by atoms with Crippen molar-refractivity contribution >= 4 is 10.0 Å². The third-order valence-electron chi connectivity index (χ3n) is 3.38. The molecule has 0 amide bonds. The molecular formula is C12H18FN3O2S. The molecule has 1 aromatic heterocycles. The third-order valence-corrected chi connectivity index (χ3v) is 4.74. The number of likely N-dealkylation sites (tertiary alicyclic amines) is 1. The summed E-state index contributed by atoms with van der Waals surface area (Å²) >= 11 is 0. The quantitative estimate of drug-likeness (QED) is 0.891. The van der Waals surface area contributed by atoms with Crippen LogP contribution in [-0.4, -0.2) is 45.0 Å². The Kier molecular flexibility index (Phi) is 4.49. The number of hydrogen-bond acceptors (Lipinski definition) is 4. The minimum Gasteiger partial charge on any atom is -0.306 e. The number of rotatable bonds is 4. The van der Waals surface area contributed by atoms with Gasteiger partial charge in [0.15, 0.2) is 5.82 Å². The Hall–Kier alpha value is -1.05. The summed E-state index contributed by atoms with van der Waals surface area (Å²) in [6.45, 7) is 2.26. The summed E-state index contributed by atoms with van der Waals surface area (Å²) in [6, 6.07) is 2.46. The zero-order valence-corrected chi connectivity index (χ0v) is 11.7. The lowest BCUT2D eigenvalue weighted by molar-refractivity contribution is 0.220. The van der Waals surface area contributed by atoms with Crippen molar-refractivity contribution in [2.45, 2.75) is 17.9 Å². The first-order valence-electron chi connectivity index (χ1n) is 6.28. The summed E-state index contributed by atoms with van der Waals surface area (Å²) in [7, 11) is -1.81. The Balaban J connectivity index is 1.97. The highest BCUT2D eigenvalue weighted by atomic mass is 32.2. The number of aromatic nitrogens is 1. The van der Waals surface area contributed by atoms with E-state index in [1.165, 1.54) is 12.3 Å². The Bertz CT molecular complexity index is 528. The zero-order valence-electron chi connectivity index (χ0n) is 10.8. The zero-order chi connectivity index (χ0) is 13.9. The second-order valence-corrected chi connectivity index (χ2v) is 6.57. The van der Waals surface area contributed by atoms with Crippen molar-refractivity contribution in [2.75, 3.05) is 26.7 Å². The number of piperidine rings is 1. The van der Waals surface area contributed by atoms with E-state index in [2.05, 4.69) is 14.6 Å². The summed E-state index contributed by atoms with van der Waals surface area (Å²) in [4.78, 5) is 5.80. The number of pyridine rings is 1. The van der Waals surface area contributed by atoms with E-state index in [1.807, 2.05) is 7.05 Å². The molecular weight excluding hydrogens is 269 g/mol. The molecule has 0 bridgehead atoms. The van der Waals surface area contributed by atoms with E-state index in [1.54, 1.807) is 0 Å². The number of sulfonamides is 1. The second kappa shape index (κ2) is 5.94. The van der Waals surface area contributed by atoms with Crippen molar-refractivity contribution in [2.24, 2.45) is 5.92 Å². The van der Waals surface area contributed by atoms with Gasteiger partial charge in [0.25, 0.3) is 10.0 Å². The predicted molar refractivity (Wildman–Crippen MR) is 69.6 cm³/mol. The first-order chi connectivity index (χ1) is 8.99. The van der Waals surface area contributed by atoms with Crippen LogP contribution in [0.5, 0.6) is 0 Å². The molecule has 0 radical (unpaired) electrons. The van der Waals surface area contributed by atoms with E-state index in [0.29, 0.717) is 12.5 Å². The molecule has 19 heavy (non-hydrogen) atoms. The predicted octanol–water partition coefficient (Wildman–Crippen LogP) is 0.841. The summed E-state index contributed by atoms with van der Waals surface area (Å²) in [6.07, 6.45) is 3.17. The normalized spacial score (nSPS) is 18.6. The smallest absolute Gasteiger partial charge is 0.261 e. The van der Waals surface area contributed by atoms with Gasteiger partial charge in [-0.15, -0.1) is 0 Å². The van der Waals surface area contributed by atoms with Crippen LogP contribution in [0.15, 0.2) is 23.4 Å². The van der Waals surface area contributed by atoms with Gasteiger partial charge in [-0.3, -0.25) is 0 Å². The van der Waals surface area contributed by atoms with Gasteiger partial charge in [-0.05, 0) is 51.0 Å². The molecule has 0 atom stereocenters. The van der Waals surface area contributed by atoms with Crippen molar-refractivity contribution in [1.82, 2.24) is 14.6 Å². The van der Waals surface area contributed by atoms with Gasteiger partial charge in [-0.2, -0.15) is 0 Å². The molecule has 1 aliphatic rings. The Morgan fingerprint density at radius 1 is 1.47 bits per heavy atom. The van der Waals surface area contributed by atoms with Crippen LogP contribution in [0.4, 0.5) is 4.39 Å². The molecule has 0 spiro atoms. The molecule has 1 N–H and O–H groups in total. The van der Waals surface area contributed by atoms with E-state index in [9.17, 15) is 12.8 Å². The maximum atomic E-state index is 13.4. The van der Waals surface area contributed by atoms with Crippen molar-refractivity contribution in [3.63, 3.8) is 0 Å². The van der Waals surface area contributed by atoms with E-state index >= 15 is 0 Å². The fraction of sp³-hybridized carbons (Fsp3) is 0.583. The highest BCUT2D eigenvalue weighted by Crippen LogP contribution is 2.16. The molecule has 1 saturated heterocycles. The lowest BCUT2D eigenvalue weighted by atomic mass is 9.98. The minimum absolute atomic E-state index is 0.303. The molecule has 5 nitrogen and oxygen atoms in total. The van der Waals surface area contributed by atoms with Gasteiger partial charge >= 0.3 is 0 Å². The van der Waals surface area contributed by atoms with Gasteiger partial charge in [-0.1, -0.05) is 0 Å². The molecule has 2 rings (SSSR count). The van der Waals surface area contributed by atoms with Crippen molar-refractivity contribution in [3.8, 4) is 0 Å². The fourth-order valence-corrected chi connectivity index (χ4v) is 3.25. The van der Waals surface area contributed by atoms with Gasteiger partial charge < -0.3 is 4.90 Å². The lowest BCUT2D eigenvalue weighted by Gasteiger charge is -2.28. The van der Waals surface area contributed by atoms with E-state index in [4.69, 9.17) is 0 Å². The average molecular weight is 287 g/mol. The van der Waals surface area contributed by atoms with Crippen LogP contribution in [0.1, 0.15) is 12.8 Å². The van der Waals surface area contributed by atoms with E-state index in [0.717, 1.165) is 32.0 Å². The fourth-order valence-electron chi connectivity index (χ4n) is 2.13. The Morgan fingerprint density at radius 3 is 2.79 bits per heavy atom. The second-order valence-electron chi connectivity index (χ2n) is 4.89. The summed E-state index contributed by atoms with van der Waals surface area (Å²) in [5.41, 5.74) is 0. The van der Waals surface area contributed by atoms with Gasteiger partial charge in [0, 0.05) is 12.7 Å². The number of nitrogens with zero attached hydrogens (tertiary/aromatic N) is 2. The van der Waals surface area contributed by atoms with Gasteiger partial charge in [-0.25, -0.2) is 22.5 Å². The first-order valence-corrected chi connectivity index (χ1v) is 7.76. The summed E-state index contributed by atoms with van der Waals surface area (Å²) in [5, 5.41) is -0.525. The molecule has 2 heterocycles. The topological polar surface area (TPSA) is 62.3 Å². The van der Waals surface area contributed by atoms with Crippen LogP contribution in [0, 0.1) is 11.7 Å². The van der Waals surface area contributed by atoms with Crippen LogP contribution in [0.2, 0.25) is 0 Å². The highest BCUT2D eigenvalue weighted by molar-refractivity contribution is 7.89. The molecule has 106 valence electrons. The molecule has 1 aromatic rings. The number of halogens is 1. The first kappa shape index (κ1) is 14.4. The Labute approximate surface area is 112 Å². The van der Waals surface area contributed by atoms with Gasteiger partial charge in [0.1, 0.15) is 0 Å². The molecule has 0 aromatic carbocycles. The van der Waals surface area contributed by atoms with Crippen LogP contribution in [0.3, 0.4) is 0 Å². The maximum Gasteiger partial charge on any atom is 0.261 e. The van der Waals surface area contributed by atoms with Gasteiger partial charge in [0.2, 0.25) is 5.03 Å². The highest BCUT2D eigenvalue weighted by Gasteiger charge is 2.23. The minimum atomic E-state index is -3.85. The molecule has 0 saturated carbocycles. The molecule has 0 aliphatic carbocycles. The van der Waals surface area contributed by atoms with Crippen molar-refractivity contribution < 1.29 is 12.8 Å². The largest absolute Gasteiger partial charge is 0.306 e. The lowest BCUT2D eigenvalue weighted by Crippen LogP contribution is -2.37. The SMILES string of the molecule is CN1CCC(CNS(=O)(=O)c2ncccc2F)CC1. The average Bonchev–Trinajstić information content (AvgIpc) is 2.38. The standard InChI is InChI=1S/C12H18FN3O2S/c1-16-7-4-10(5-8-16)9-15-19(17,18)12-11(13)3-2-6-14-12/h2-3,6,10,15H,4-5,7-9H2,1H3.